The van der Waals surface area contributed by atoms with Gasteiger partial charge in [-0.3, -0.25) is 9.10 Å². The van der Waals surface area contributed by atoms with Crippen molar-refractivity contribution in [1.82, 2.24) is 5.32 Å². The largest absolute Gasteiger partial charge is 0.352 e. The van der Waals surface area contributed by atoms with Gasteiger partial charge in [0.05, 0.1) is 10.6 Å². The van der Waals surface area contributed by atoms with Gasteiger partial charge >= 0.3 is 0 Å². The van der Waals surface area contributed by atoms with Gasteiger partial charge in [0.25, 0.3) is 10.0 Å². The number of fused-ring (bicyclic) bond motifs is 2. The van der Waals surface area contributed by atoms with Gasteiger partial charge in [-0.25, -0.2) is 8.42 Å². The number of nitrogens with one attached hydrogen (secondary N) is 1. The molecule has 2 saturated carbocycles. The predicted octanol–water partition coefficient (Wildman–Crippen LogP) is 3.50. The number of sulfonamides is 1. The third-order valence-electron chi connectivity index (χ3n) is 5.99. The molecule has 2 aromatic carbocycles. The first-order chi connectivity index (χ1) is 13.4. The molecule has 0 saturated heterocycles. The first-order valence-electron chi connectivity index (χ1n) is 9.87. The Kier molecular flexibility index (Phi) is 5.15. The SMILES string of the molecule is Cc1cccc(N(CC(=O)N[C@H]2C[C@@H]3CC[C@H]2C3)S(=O)(=O)c2ccccc2)c1. The van der Waals surface area contributed by atoms with Crippen LogP contribution < -0.4 is 9.62 Å². The molecule has 2 aliphatic rings. The number of nitrogens with zero attached hydrogens (tertiary/aromatic N) is 1. The van der Waals surface area contributed by atoms with E-state index in [-0.39, 0.29) is 23.4 Å². The summed E-state index contributed by atoms with van der Waals surface area (Å²) in [5.41, 5.74) is 1.45. The number of carbonyl (C=O) groups excluding carboxylic acids is 1. The molecular weight excluding hydrogens is 372 g/mol. The molecule has 1 N–H and O–H groups in total. The third-order valence-corrected chi connectivity index (χ3v) is 7.78. The standard InChI is InChI=1S/C22H26N2O3S/c1-16-6-5-7-19(12-16)24(28(26,27)20-8-3-2-4-9-20)15-22(25)23-21-14-17-10-11-18(21)13-17/h2-9,12,17-18,21H,10-11,13-15H2,1H3,(H,23,25)/t17-,18+,21+/m1/s1. The van der Waals surface area contributed by atoms with Crippen LogP contribution in [0.4, 0.5) is 5.69 Å². The minimum absolute atomic E-state index is 0.184. The highest BCUT2D eigenvalue weighted by atomic mass is 32.2. The number of anilines is 1. The summed E-state index contributed by atoms with van der Waals surface area (Å²) in [4.78, 5) is 13.0. The van der Waals surface area contributed by atoms with Crippen molar-refractivity contribution < 1.29 is 13.2 Å². The average molecular weight is 399 g/mol. The normalized spacial score (nSPS) is 23.5. The second-order valence-corrected chi connectivity index (χ2v) is 9.87. The zero-order chi connectivity index (χ0) is 19.7. The fourth-order valence-corrected chi connectivity index (χ4v) is 6.06. The lowest BCUT2D eigenvalue weighted by Crippen LogP contribution is -2.46. The molecule has 0 aliphatic heterocycles. The molecule has 1 amide bonds. The maximum atomic E-state index is 13.3. The van der Waals surface area contributed by atoms with Gasteiger partial charge in [0, 0.05) is 6.04 Å². The van der Waals surface area contributed by atoms with Crippen molar-refractivity contribution in [2.24, 2.45) is 11.8 Å². The van der Waals surface area contributed by atoms with Crippen molar-refractivity contribution >= 4 is 21.6 Å². The molecule has 0 spiro atoms. The summed E-state index contributed by atoms with van der Waals surface area (Å²) >= 11 is 0. The smallest absolute Gasteiger partial charge is 0.264 e. The lowest BCUT2D eigenvalue weighted by atomic mass is 9.95. The molecule has 0 aromatic heterocycles. The van der Waals surface area contributed by atoms with Gasteiger partial charge in [-0.1, -0.05) is 36.8 Å². The third kappa shape index (κ3) is 3.78. The number of carbonyl (C=O) groups is 1. The summed E-state index contributed by atoms with van der Waals surface area (Å²) in [6.07, 6.45) is 4.63. The molecule has 0 heterocycles. The molecule has 4 rings (SSSR count). The average Bonchev–Trinajstić information content (AvgIpc) is 3.30. The highest BCUT2D eigenvalue weighted by Gasteiger charge is 2.40. The van der Waals surface area contributed by atoms with E-state index in [1.807, 2.05) is 19.1 Å². The number of hydrogen-bond donors (Lipinski definition) is 1. The quantitative estimate of drug-likeness (QED) is 0.810. The Balaban J connectivity index is 1.59. The highest BCUT2D eigenvalue weighted by Crippen LogP contribution is 2.44. The minimum Gasteiger partial charge on any atom is -0.352 e. The van der Waals surface area contributed by atoms with Crippen LogP contribution in [0.25, 0.3) is 0 Å². The minimum atomic E-state index is -3.84. The summed E-state index contributed by atoms with van der Waals surface area (Å²) < 4.78 is 27.8. The Morgan fingerprint density at radius 2 is 1.86 bits per heavy atom. The molecule has 3 atom stereocenters. The van der Waals surface area contributed by atoms with Crippen molar-refractivity contribution in [3.8, 4) is 0 Å². The molecule has 28 heavy (non-hydrogen) atoms. The van der Waals surface area contributed by atoms with Crippen LogP contribution in [0.1, 0.15) is 31.2 Å². The van der Waals surface area contributed by atoms with Gasteiger partial charge in [-0.15, -0.1) is 0 Å². The molecule has 148 valence electrons. The number of benzene rings is 2. The molecule has 6 heteroatoms. The van der Waals surface area contributed by atoms with E-state index in [0.29, 0.717) is 11.6 Å². The zero-order valence-electron chi connectivity index (χ0n) is 16.0. The number of amides is 1. The van der Waals surface area contributed by atoms with Crippen molar-refractivity contribution in [1.29, 1.82) is 0 Å². The molecule has 2 fully saturated rings. The van der Waals surface area contributed by atoms with E-state index in [1.165, 1.54) is 23.6 Å². The highest BCUT2D eigenvalue weighted by molar-refractivity contribution is 7.92. The van der Waals surface area contributed by atoms with Crippen molar-refractivity contribution in [2.75, 3.05) is 10.8 Å². The lowest BCUT2D eigenvalue weighted by molar-refractivity contribution is -0.120. The van der Waals surface area contributed by atoms with Crippen LogP contribution in [0.2, 0.25) is 0 Å². The van der Waals surface area contributed by atoms with Crippen molar-refractivity contribution in [2.45, 2.75) is 43.5 Å². The van der Waals surface area contributed by atoms with E-state index in [2.05, 4.69) is 5.32 Å². The second kappa shape index (κ2) is 7.59. The van der Waals surface area contributed by atoms with Gasteiger partial charge in [0.15, 0.2) is 0 Å². The summed E-state index contributed by atoms with van der Waals surface area (Å²) in [6.45, 7) is 1.70. The molecule has 0 unspecified atom stereocenters. The maximum absolute atomic E-state index is 13.3. The monoisotopic (exact) mass is 398 g/mol. The van der Waals surface area contributed by atoms with Gasteiger partial charge in [0.2, 0.25) is 5.91 Å². The summed E-state index contributed by atoms with van der Waals surface area (Å²) in [5, 5.41) is 3.10. The number of rotatable bonds is 6. The Hall–Kier alpha value is -2.34. The first kappa shape index (κ1) is 19.0. The predicted molar refractivity (Wildman–Crippen MR) is 110 cm³/mol. The zero-order valence-corrected chi connectivity index (χ0v) is 16.9. The van der Waals surface area contributed by atoms with E-state index in [1.54, 1.807) is 42.5 Å². The van der Waals surface area contributed by atoms with Crippen molar-refractivity contribution in [3.05, 3.63) is 60.2 Å². The van der Waals surface area contributed by atoms with Crippen LogP contribution in [0.3, 0.4) is 0 Å². The Labute approximate surface area is 166 Å². The molecule has 2 bridgehead atoms. The summed E-state index contributed by atoms with van der Waals surface area (Å²) in [6, 6.07) is 15.7. The lowest BCUT2D eigenvalue weighted by Gasteiger charge is -2.27. The number of aryl methyl sites for hydroxylation is 1. The summed E-state index contributed by atoms with van der Waals surface area (Å²) in [5.74, 6) is 1.03. The van der Waals surface area contributed by atoms with E-state index in [0.717, 1.165) is 17.9 Å². The van der Waals surface area contributed by atoms with Crippen LogP contribution in [0.15, 0.2) is 59.5 Å². The van der Waals surface area contributed by atoms with Crippen LogP contribution in [0, 0.1) is 18.8 Å². The molecule has 5 nitrogen and oxygen atoms in total. The van der Waals surface area contributed by atoms with Crippen LogP contribution >= 0.6 is 0 Å². The Bertz CT molecular complexity index is 959. The first-order valence-corrected chi connectivity index (χ1v) is 11.3. The summed E-state index contributed by atoms with van der Waals surface area (Å²) in [7, 11) is -3.84. The number of hydrogen-bond acceptors (Lipinski definition) is 3. The van der Waals surface area contributed by atoms with Crippen molar-refractivity contribution in [3.63, 3.8) is 0 Å². The maximum Gasteiger partial charge on any atom is 0.264 e. The van der Waals surface area contributed by atoms with E-state index < -0.39 is 10.0 Å². The second-order valence-electron chi connectivity index (χ2n) is 8.01. The molecule has 2 aromatic rings. The van der Waals surface area contributed by atoms with Crippen LogP contribution in [0.5, 0.6) is 0 Å². The topological polar surface area (TPSA) is 66.5 Å². The van der Waals surface area contributed by atoms with E-state index >= 15 is 0 Å². The molecule has 2 aliphatic carbocycles. The van der Waals surface area contributed by atoms with Gasteiger partial charge in [-0.05, 0) is 67.9 Å². The fraction of sp³-hybridized carbons (Fsp3) is 0.409. The van der Waals surface area contributed by atoms with Gasteiger partial charge in [0.1, 0.15) is 6.54 Å². The van der Waals surface area contributed by atoms with Crippen LogP contribution in [-0.4, -0.2) is 26.9 Å². The van der Waals surface area contributed by atoms with Gasteiger partial charge in [-0.2, -0.15) is 0 Å². The van der Waals surface area contributed by atoms with E-state index in [4.69, 9.17) is 0 Å². The fourth-order valence-electron chi connectivity index (χ4n) is 4.62. The Morgan fingerprint density at radius 1 is 1.07 bits per heavy atom. The van der Waals surface area contributed by atoms with Gasteiger partial charge < -0.3 is 5.32 Å². The molecule has 0 radical (unpaired) electrons. The Morgan fingerprint density at radius 3 is 2.50 bits per heavy atom. The molecular formula is C22H26N2O3S. The van der Waals surface area contributed by atoms with E-state index in [9.17, 15) is 13.2 Å². The van der Waals surface area contributed by atoms with Crippen LogP contribution in [-0.2, 0) is 14.8 Å².